The van der Waals surface area contributed by atoms with Crippen LogP contribution in [-0.4, -0.2) is 17.1 Å². The lowest BCUT2D eigenvalue weighted by molar-refractivity contribution is 0.0697. The molecular formula is C14H14FNO3. The van der Waals surface area contributed by atoms with Crippen LogP contribution in [0.2, 0.25) is 0 Å². The maximum atomic E-state index is 13.0. The van der Waals surface area contributed by atoms with E-state index in [2.05, 4.69) is 5.32 Å². The Bertz CT molecular complexity index is 566. The largest absolute Gasteiger partial charge is 0.478 e. The summed E-state index contributed by atoms with van der Waals surface area (Å²) in [4.78, 5) is 11.0. The Hall–Kier alpha value is -2.30. The quantitative estimate of drug-likeness (QED) is 0.869. The van der Waals surface area contributed by atoms with Gasteiger partial charge in [0.05, 0.1) is 11.8 Å². The summed E-state index contributed by atoms with van der Waals surface area (Å²) < 4.78 is 18.3. The SMILES string of the molecule is CC(Cc1ccco1)Nc1ccc(F)cc1C(=O)O. The highest BCUT2D eigenvalue weighted by molar-refractivity contribution is 5.94. The Balaban J connectivity index is 2.12. The molecule has 0 radical (unpaired) electrons. The van der Waals surface area contributed by atoms with Crippen LogP contribution in [0.5, 0.6) is 0 Å². The Labute approximate surface area is 109 Å². The lowest BCUT2D eigenvalue weighted by Crippen LogP contribution is -2.19. The van der Waals surface area contributed by atoms with Crippen LogP contribution in [0.3, 0.4) is 0 Å². The fraction of sp³-hybridized carbons (Fsp3) is 0.214. The van der Waals surface area contributed by atoms with Crippen LogP contribution < -0.4 is 5.32 Å². The smallest absolute Gasteiger partial charge is 0.337 e. The van der Waals surface area contributed by atoms with Gasteiger partial charge in [-0.2, -0.15) is 0 Å². The van der Waals surface area contributed by atoms with Crippen LogP contribution in [-0.2, 0) is 6.42 Å². The molecule has 0 fully saturated rings. The molecule has 0 aliphatic heterocycles. The zero-order chi connectivity index (χ0) is 13.8. The number of aromatic carboxylic acids is 1. The van der Waals surface area contributed by atoms with E-state index in [1.54, 1.807) is 12.3 Å². The second kappa shape index (κ2) is 5.56. The number of rotatable bonds is 5. The predicted molar refractivity (Wildman–Crippen MR) is 68.9 cm³/mol. The van der Waals surface area contributed by atoms with E-state index < -0.39 is 11.8 Å². The first-order valence-corrected chi connectivity index (χ1v) is 5.88. The molecule has 1 heterocycles. The third-order valence-corrected chi connectivity index (χ3v) is 2.70. The minimum atomic E-state index is -1.16. The number of anilines is 1. The summed E-state index contributed by atoms with van der Waals surface area (Å²) in [6, 6.07) is 7.27. The molecule has 4 nitrogen and oxygen atoms in total. The molecule has 1 unspecified atom stereocenters. The average Bonchev–Trinajstić information content (AvgIpc) is 2.83. The first kappa shape index (κ1) is 13.1. The van der Waals surface area contributed by atoms with Crippen molar-refractivity contribution in [3.63, 3.8) is 0 Å². The van der Waals surface area contributed by atoms with E-state index in [4.69, 9.17) is 9.52 Å². The Morgan fingerprint density at radius 3 is 2.89 bits per heavy atom. The Morgan fingerprint density at radius 2 is 2.26 bits per heavy atom. The first-order valence-electron chi connectivity index (χ1n) is 5.88. The number of hydrogen-bond acceptors (Lipinski definition) is 3. The Kier molecular flexibility index (Phi) is 3.85. The monoisotopic (exact) mass is 263 g/mol. The zero-order valence-corrected chi connectivity index (χ0v) is 10.4. The molecule has 1 atom stereocenters. The van der Waals surface area contributed by atoms with E-state index in [1.165, 1.54) is 12.1 Å². The maximum Gasteiger partial charge on any atom is 0.337 e. The normalized spacial score (nSPS) is 12.1. The van der Waals surface area contributed by atoms with Crippen molar-refractivity contribution in [2.45, 2.75) is 19.4 Å². The van der Waals surface area contributed by atoms with E-state index in [9.17, 15) is 9.18 Å². The van der Waals surface area contributed by atoms with Crippen molar-refractivity contribution in [2.24, 2.45) is 0 Å². The molecule has 1 aromatic carbocycles. The third-order valence-electron chi connectivity index (χ3n) is 2.70. The van der Waals surface area contributed by atoms with Crippen LogP contribution in [0.15, 0.2) is 41.0 Å². The van der Waals surface area contributed by atoms with Gasteiger partial charge in [-0.15, -0.1) is 0 Å². The summed E-state index contributed by atoms with van der Waals surface area (Å²) in [7, 11) is 0. The molecule has 0 amide bonds. The summed E-state index contributed by atoms with van der Waals surface area (Å²) in [5, 5.41) is 12.1. The van der Waals surface area contributed by atoms with Crippen molar-refractivity contribution in [2.75, 3.05) is 5.32 Å². The minimum Gasteiger partial charge on any atom is -0.478 e. The van der Waals surface area contributed by atoms with E-state index in [0.717, 1.165) is 11.8 Å². The highest BCUT2D eigenvalue weighted by Crippen LogP contribution is 2.19. The van der Waals surface area contributed by atoms with Gasteiger partial charge >= 0.3 is 5.97 Å². The average molecular weight is 263 g/mol. The number of furan rings is 1. The van der Waals surface area contributed by atoms with Crippen molar-refractivity contribution in [3.8, 4) is 0 Å². The molecule has 2 aromatic rings. The van der Waals surface area contributed by atoms with Crippen molar-refractivity contribution in [3.05, 3.63) is 53.7 Å². The number of carboxylic acid groups (broad SMARTS) is 1. The van der Waals surface area contributed by atoms with E-state index >= 15 is 0 Å². The second-order valence-corrected chi connectivity index (χ2v) is 4.32. The van der Waals surface area contributed by atoms with Gasteiger partial charge in [0.15, 0.2) is 0 Å². The molecule has 100 valence electrons. The number of hydrogen-bond donors (Lipinski definition) is 2. The number of carboxylic acids is 1. The molecule has 2 N–H and O–H groups in total. The lowest BCUT2D eigenvalue weighted by atomic mass is 10.1. The van der Waals surface area contributed by atoms with E-state index in [0.29, 0.717) is 12.1 Å². The van der Waals surface area contributed by atoms with Crippen molar-refractivity contribution < 1.29 is 18.7 Å². The zero-order valence-electron chi connectivity index (χ0n) is 10.4. The Morgan fingerprint density at radius 1 is 1.47 bits per heavy atom. The van der Waals surface area contributed by atoms with Gasteiger partial charge in [-0.1, -0.05) is 0 Å². The molecule has 0 saturated heterocycles. The molecule has 0 spiro atoms. The van der Waals surface area contributed by atoms with Gasteiger partial charge in [-0.25, -0.2) is 9.18 Å². The minimum absolute atomic E-state index is 0.0327. The maximum absolute atomic E-state index is 13.0. The van der Waals surface area contributed by atoms with Crippen LogP contribution in [0.4, 0.5) is 10.1 Å². The molecule has 19 heavy (non-hydrogen) atoms. The van der Waals surface area contributed by atoms with Gasteiger partial charge in [-0.3, -0.25) is 0 Å². The molecule has 0 aliphatic carbocycles. The molecule has 5 heteroatoms. The second-order valence-electron chi connectivity index (χ2n) is 4.32. The molecule has 0 saturated carbocycles. The van der Waals surface area contributed by atoms with E-state index in [1.807, 2.05) is 13.0 Å². The molecule has 2 rings (SSSR count). The summed E-state index contributed by atoms with van der Waals surface area (Å²) in [6.45, 7) is 1.90. The van der Waals surface area contributed by atoms with Crippen LogP contribution in [0.1, 0.15) is 23.0 Å². The summed E-state index contributed by atoms with van der Waals surface area (Å²) in [5.41, 5.74) is 0.319. The molecule has 0 bridgehead atoms. The fourth-order valence-corrected chi connectivity index (χ4v) is 1.87. The third kappa shape index (κ3) is 3.34. The molecule has 0 aliphatic rings. The summed E-state index contributed by atoms with van der Waals surface area (Å²) >= 11 is 0. The van der Waals surface area contributed by atoms with Crippen molar-refractivity contribution in [1.82, 2.24) is 0 Å². The first-order chi connectivity index (χ1) is 9.06. The molecular weight excluding hydrogens is 249 g/mol. The summed E-state index contributed by atoms with van der Waals surface area (Å²) in [5.74, 6) is -0.923. The van der Waals surface area contributed by atoms with Gasteiger partial charge < -0.3 is 14.8 Å². The number of halogens is 1. The fourth-order valence-electron chi connectivity index (χ4n) is 1.87. The van der Waals surface area contributed by atoms with Crippen molar-refractivity contribution in [1.29, 1.82) is 0 Å². The number of carbonyl (C=O) groups is 1. The number of benzene rings is 1. The van der Waals surface area contributed by atoms with Crippen LogP contribution in [0.25, 0.3) is 0 Å². The van der Waals surface area contributed by atoms with Crippen molar-refractivity contribution >= 4 is 11.7 Å². The lowest BCUT2D eigenvalue weighted by Gasteiger charge is -2.16. The van der Waals surface area contributed by atoms with Gasteiger partial charge in [-0.05, 0) is 37.3 Å². The topological polar surface area (TPSA) is 62.5 Å². The van der Waals surface area contributed by atoms with Gasteiger partial charge in [0.25, 0.3) is 0 Å². The van der Waals surface area contributed by atoms with Gasteiger partial charge in [0, 0.05) is 18.2 Å². The summed E-state index contributed by atoms with van der Waals surface area (Å²) in [6.07, 6.45) is 2.20. The number of nitrogens with one attached hydrogen (secondary N) is 1. The van der Waals surface area contributed by atoms with Crippen LogP contribution >= 0.6 is 0 Å². The highest BCUT2D eigenvalue weighted by atomic mass is 19.1. The highest BCUT2D eigenvalue weighted by Gasteiger charge is 2.14. The van der Waals surface area contributed by atoms with Gasteiger partial charge in [0.2, 0.25) is 0 Å². The molecule has 1 aromatic heterocycles. The predicted octanol–water partition coefficient (Wildman–Crippen LogP) is 3.16. The van der Waals surface area contributed by atoms with Crippen LogP contribution in [0, 0.1) is 5.82 Å². The van der Waals surface area contributed by atoms with E-state index in [-0.39, 0.29) is 11.6 Å². The van der Waals surface area contributed by atoms with Gasteiger partial charge in [0.1, 0.15) is 11.6 Å². The standard InChI is InChI=1S/C14H14FNO3/c1-9(7-11-3-2-6-19-11)16-13-5-4-10(15)8-12(13)14(17)18/h2-6,8-9,16H,7H2,1H3,(H,17,18).